The predicted molar refractivity (Wildman–Crippen MR) is 154 cm³/mol. The molecule has 214 valence electrons. The predicted octanol–water partition coefficient (Wildman–Crippen LogP) is 5.30. The third kappa shape index (κ3) is 5.71. The number of rotatable bonds is 7. The second kappa shape index (κ2) is 11.8. The molecule has 3 saturated heterocycles. The minimum atomic E-state index is -0.214. The van der Waals surface area contributed by atoms with Crippen molar-refractivity contribution < 1.29 is 19.1 Å². The van der Waals surface area contributed by atoms with Crippen molar-refractivity contribution in [3.05, 3.63) is 65.7 Å². The Balaban J connectivity index is 1.06. The Bertz CT molecular complexity index is 1160. The molecule has 6 rings (SSSR count). The van der Waals surface area contributed by atoms with E-state index in [9.17, 15) is 9.59 Å². The van der Waals surface area contributed by atoms with E-state index in [0.717, 1.165) is 95.5 Å². The molecule has 0 radical (unpaired) electrons. The molecule has 2 aromatic rings. The number of hydrogen-bond acceptors (Lipinski definition) is 5. The van der Waals surface area contributed by atoms with Gasteiger partial charge in [0.25, 0.3) is 0 Å². The number of piperidine rings is 1. The molecular weight excluding hydrogens is 502 g/mol. The van der Waals surface area contributed by atoms with E-state index in [0.29, 0.717) is 24.3 Å². The molecule has 1 spiro atoms. The fourth-order valence-electron chi connectivity index (χ4n) is 7.46. The van der Waals surface area contributed by atoms with Gasteiger partial charge in [-0.2, -0.15) is 0 Å². The van der Waals surface area contributed by atoms with Gasteiger partial charge in [-0.1, -0.05) is 42.5 Å². The van der Waals surface area contributed by atoms with Crippen LogP contribution >= 0.6 is 0 Å². The molecule has 7 nitrogen and oxygen atoms in total. The lowest BCUT2D eigenvalue weighted by atomic mass is 9.76. The number of benzene rings is 2. The van der Waals surface area contributed by atoms with E-state index in [1.165, 1.54) is 5.56 Å². The lowest BCUT2D eigenvalue weighted by Crippen LogP contribution is -2.46. The van der Waals surface area contributed by atoms with Crippen molar-refractivity contribution in [3.63, 3.8) is 0 Å². The quantitative estimate of drug-likeness (QED) is 0.472. The Kier molecular flexibility index (Phi) is 8.01. The molecule has 3 heterocycles. The molecule has 4 aliphatic rings. The van der Waals surface area contributed by atoms with Crippen molar-refractivity contribution in [2.75, 3.05) is 46.4 Å². The van der Waals surface area contributed by atoms with Crippen LogP contribution in [0.5, 0.6) is 5.75 Å². The van der Waals surface area contributed by atoms with Gasteiger partial charge in [-0.15, -0.1) is 0 Å². The smallest absolute Gasteiger partial charge is 0.410 e. The lowest BCUT2D eigenvalue weighted by molar-refractivity contribution is -0.139. The number of ether oxygens (including phenoxy) is 2. The number of likely N-dealkylation sites (tertiary alicyclic amines) is 3. The normalized spacial score (nSPS) is 25.2. The maximum atomic E-state index is 13.6. The van der Waals surface area contributed by atoms with Crippen LogP contribution in [-0.2, 0) is 16.1 Å². The third-order valence-corrected chi connectivity index (χ3v) is 9.94. The van der Waals surface area contributed by atoms with Crippen molar-refractivity contribution in [1.29, 1.82) is 0 Å². The Morgan fingerprint density at radius 2 is 1.62 bits per heavy atom. The Morgan fingerprint density at radius 3 is 2.33 bits per heavy atom. The van der Waals surface area contributed by atoms with Crippen molar-refractivity contribution in [3.8, 4) is 5.75 Å². The van der Waals surface area contributed by atoms with Gasteiger partial charge in [-0.25, -0.2) is 4.79 Å². The maximum absolute atomic E-state index is 13.6. The first-order valence-corrected chi connectivity index (χ1v) is 15.2. The van der Waals surface area contributed by atoms with Crippen LogP contribution in [0.2, 0.25) is 0 Å². The topological polar surface area (TPSA) is 62.3 Å². The fraction of sp³-hybridized carbons (Fsp3) is 0.576. The summed E-state index contributed by atoms with van der Waals surface area (Å²) in [6, 6.07) is 18.7. The molecule has 2 aromatic carbocycles. The number of nitrogens with zero attached hydrogens (tertiary/aromatic N) is 3. The molecular formula is C33H43N3O4. The first-order chi connectivity index (χ1) is 19.5. The highest BCUT2D eigenvalue weighted by molar-refractivity contribution is 5.85. The summed E-state index contributed by atoms with van der Waals surface area (Å²) in [5.41, 5.74) is 2.24. The molecule has 0 aromatic heterocycles. The zero-order valence-electron chi connectivity index (χ0n) is 23.8. The zero-order chi connectivity index (χ0) is 27.5. The summed E-state index contributed by atoms with van der Waals surface area (Å²) in [4.78, 5) is 33.2. The van der Waals surface area contributed by atoms with Crippen LogP contribution in [0.25, 0.3) is 0 Å². The molecule has 0 N–H and O–H groups in total. The highest BCUT2D eigenvalue weighted by Gasteiger charge is 2.48. The maximum Gasteiger partial charge on any atom is 0.410 e. The van der Waals surface area contributed by atoms with Crippen LogP contribution in [0.15, 0.2) is 54.6 Å². The van der Waals surface area contributed by atoms with Gasteiger partial charge in [0.05, 0.1) is 12.5 Å². The Hall–Kier alpha value is -3.06. The fourth-order valence-corrected chi connectivity index (χ4v) is 7.46. The van der Waals surface area contributed by atoms with Gasteiger partial charge in [-0.3, -0.25) is 4.79 Å². The SMILES string of the molecule is COc1ccc(CN2CCC3(CCN(C[C@H]4CN(C(=O)OC5CCCC5)C[C@@H]4c4ccccc4)CC3)C2=O)cc1. The number of carbonyl (C=O) groups excluding carboxylic acids is 2. The molecule has 40 heavy (non-hydrogen) atoms. The van der Waals surface area contributed by atoms with Crippen LogP contribution in [0.3, 0.4) is 0 Å². The lowest BCUT2D eigenvalue weighted by Gasteiger charge is -2.39. The van der Waals surface area contributed by atoms with Crippen molar-refractivity contribution in [2.45, 2.75) is 63.5 Å². The van der Waals surface area contributed by atoms with Crippen LogP contribution < -0.4 is 4.74 Å². The summed E-state index contributed by atoms with van der Waals surface area (Å²) in [5.74, 6) is 1.83. The third-order valence-electron chi connectivity index (χ3n) is 9.94. The number of amides is 2. The van der Waals surface area contributed by atoms with Crippen molar-refractivity contribution in [2.24, 2.45) is 11.3 Å². The molecule has 0 bridgehead atoms. The largest absolute Gasteiger partial charge is 0.497 e. The van der Waals surface area contributed by atoms with E-state index in [2.05, 4.69) is 47.4 Å². The summed E-state index contributed by atoms with van der Waals surface area (Å²) in [7, 11) is 1.67. The van der Waals surface area contributed by atoms with Gasteiger partial charge in [0.15, 0.2) is 0 Å². The highest BCUT2D eigenvalue weighted by Crippen LogP contribution is 2.43. The molecule has 0 unspecified atom stereocenters. The van der Waals surface area contributed by atoms with E-state index in [1.807, 2.05) is 21.9 Å². The zero-order valence-corrected chi connectivity index (χ0v) is 23.8. The van der Waals surface area contributed by atoms with Crippen LogP contribution in [0.4, 0.5) is 4.79 Å². The van der Waals surface area contributed by atoms with Crippen LogP contribution in [0, 0.1) is 11.3 Å². The summed E-state index contributed by atoms with van der Waals surface area (Å²) in [6.45, 7) is 5.79. The highest BCUT2D eigenvalue weighted by atomic mass is 16.6. The second-order valence-corrected chi connectivity index (χ2v) is 12.4. The minimum Gasteiger partial charge on any atom is -0.497 e. The van der Waals surface area contributed by atoms with E-state index in [1.54, 1.807) is 7.11 Å². The van der Waals surface area contributed by atoms with Crippen LogP contribution in [-0.4, -0.2) is 79.2 Å². The van der Waals surface area contributed by atoms with Crippen LogP contribution in [0.1, 0.15) is 62.0 Å². The average Bonchev–Trinajstić information content (AvgIpc) is 3.72. The minimum absolute atomic E-state index is 0.0910. The van der Waals surface area contributed by atoms with E-state index in [-0.39, 0.29) is 17.6 Å². The molecule has 1 saturated carbocycles. The molecule has 3 aliphatic heterocycles. The monoisotopic (exact) mass is 545 g/mol. The second-order valence-electron chi connectivity index (χ2n) is 12.4. The summed E-state index contributed by atoms with van der Waals surface area (Å²) >= 11 is 0. The van der Waals surface area contributed by atoms with Gasteiger partial charge < -0.3 is 24.2 Å². The van der Waals surface area contributed by atoms with Gasteiger partial charge in [0, 0.05) is 38.6 Å². The van der Waals surface area contributed by atoms with Gasteiger partial charge >= 0.3 is 6.09 Å². The molecule has 2 amide bonds. The van der Waals surface area contributed by atoms with Gasteiger partial charge in [-0.05, 0) is 87.2 Å². The first-order valence-electron chi connectivity index (χ1n) is 15.2. The van der Waals surface area contributed by atoms with Crippen molar-refractivity contribution >= 4 is 12.0 Å². The number of methoxy groups -OCH3 is 1. The molecule has 2 atom stereocenters. The van der Waals surface area contributed by atoms with Crippen molar-refractivity contribution in [1.82, 2.24) is 14.7 Å². The standard InChI is InChI=1S/C33H43N3O4/c1-39-28-13-11-25(12-14-28)21-35-20-17-33(31(35)37)15-18-34(19-16-33)22-27-23-36(32(38)40-29-9-5-6-10-29)24-30(27)26-7-3-2-4-8-26/h2-4,7-8,11-14,27,29-30H,5-6,9-10,15-24H2,1H3/t27-,30+/m0/s1. The van der Waals surface area contributed by atoms with Gasteiger partial charge in [0.1, 0.15) is 11.9 Å². The number of hydrogen-bond donors (Lipinski definition) is 0. The Labute approximate surface area is 238 Å². The number of carbonyl (C=O) groups is 2. The van der Waals surface area contributed by atoms with Gasteiger partial charge in [0.2, 0.25) is 5.91 Å². The summed E-state index contributed by atoms with van der Waals surface area (Å²) in [6.07, 6.45) is 7.05. The Morgan fingerprint density at radius 1 is 0.925 bits per heavy atom. The molecule has 7 heteroatoms. The first kappa shape index (κ1) is 27.1. The van der Waals surface area contributed by atoms with E-state index in [4.69, 9.17) is 9.47 Å². The molecule has 1 aliphatic carbocycles. The average molecular weight is 546 g/mol. The van der Waals surface area contributed by atoms with E-state index >= 15 is 0 Å². The van der Waals surface area contributed by atoms with E-state index < -0.39 is 0 Å². The summed E-state index contributed by atoms with van der Waals surface area (Å²) in [5, 5.41) is 0. The summed E-state index contributed by atoms with van der Waals surface area (Å²) < 4.78 is 11.2. The molecule has 4 fully saturated rings.